The van der Waals surface area contributed by atoms with E-state index >= 15 is 0 Å². The Hall–Kier alpha value is -0.610. The molecule has 0 saturated heterocycles. The highest BCUT2D eigenvalue weighted by molar-refractivity contribution is 9.10. The molecule has 0 radical (unpaired) electrons. The molecule has 1 rings (SSSR count). The summed E-state index contributed by atoms with van der Waals surface area (Å²) >= 11 is 8.89. The van der Waals surface area contributed by atoms with E-state index in [0.717, 1.165) is 6.07 Å². The van der Waals surface area contributed by atoms with Gasteiger partial charge in [0.2, 0.25) is 0 Å². The Labute approximate surface area is 94.6 Å². The number of hydrogen-bond acceptors (Lipinski definition) is 1. The highest BCUT2D eigenvalue weighted by atomic mass is 79.9. The van der Waals surface area contributed by atoms with Gasteiger partial charge in [-0.3, -0.25) is 4.79 Å². The molecule has 0 aliphatic carbocycles. The smallest absolute Gasteiger partial charge is 0.252 e. The minimum Gasteiger partial charge on any atom is -0.352 e. The third-order valence-corrected chi connectivity index (χ3v) is 2.84. The molecule has 0 unspecified atom stereocenters. The largest absolute Gasteiger partial charge is 0.352 e. The lowest BCUT2D eigenvalue weighted by Gasteiger charge is -2.06. The van der Waals surface area contributed by atoms with Crippen molar-refractivity contribution >= 4 is 33.4 Å². The van der Waals surface area contributed by atoms with Gasteiger partial charge in [-0.05, 0) is 35.0 Å². The van der Waals surface area contributed by atoms with Gasteiger partial charge in [-0.25, -0.2) is 4.39 Å². The van der Waals surface area contributed by atoms with Crippen molar-refractivity contribution in [1.29, 1.82) is 0 Å². The Morgan fingerprint density at radius 3 is 2.86 bits per heavy atom. The van der Waals surface area contributed by atoms with Gasteiger partial charge in [0.15, 0.2) is 0 Å². The van der Waals surface area contributed by atoms with E-state index in [0.29, 0.717) is 11.0 Å². The van der Waals surface area contributed by atoms with Crippen molar-refractivity contribution in [2.24, 2.45) is 0 Å². The van der Waals surface area contributed by atoms with Crippen molar-refractivity contribution in [1.82, 2.24) is 5.32 Å². The Morgan fingerprint density at radius 1 is 1.64 bits per heavy atom. The van der Waals surface area contributed by atoms with E-state index in [9.17, 15) is 9.18 Å². The first kappa shape index (κ1) is 11.5. The van der Waals surface area contributed by atoms with Crippen molar-refractivity contribution in [2.45, 2.75) is 6.92 Å². The Morgan fingerprint density at radius 2 is 2.29 bits per heavy atom. The van der Waals surface area contributed by atoms with Crippen LogP contribution in [0.25, 0.3) is 0 Å². The van der Waals surface area contributed by atoms with E-state index < -0.39 is 5.82 Å². The topological polar surface area (TPSA) is 29.1 Å². The zero-order chi connectivity index (χ0) is 10.7. The number of carbonyl (C=O) groups is 1. The van der Waals surface area contributed by atoms with E-state index in [1.165, 1.54) is 6.07 Å². The molecule has 5 heteroatoms. The van der Waals surface area contributed by atoms with Crippen LogP contribution in [0.3, 0.4) is 0 Å². The second-order valence-electron chi connectivity index (χ2n) is 2.61. The maximum atomic E-state index is 12.9. The summed E-state index contributed by atoms with van der Waals surface area (Å²) in [6.07, 6.45) is 0. The predicted octanol–water partition coefficient (Wildman–Crippen LogP) is 2.99. The normalized spacial score (nSPS) is 10.0. The van der Waals surface area contributed by atoms with E-state index in [-0.39, 0.29) is 16.5 Å². The molecule has 14 heavy (non-hydrogen) atoms. The van der Waals surface area contributed by atoms with Crippen LogP contribution in [-0.2, 0) is 0 Å². The maximum absolute atomic E-state index is 12.9. The van der Waals surface area contributed by atoms with Crippen LogP contribution in [0.1, 0.15) is 17.3 Å². The van der Waals surface area contributed by atoms with Crippen LogP contribution < -0.4 is 5.32 Å². The van der Waals surface area contributed by atoms with E-state index in [1.807, 2.05) is 0 Å². The van der Waals surface area contributed by atoms with Crippen molar-refractivity contribution < 1.29 is 9.18 Å². The van der Waals surface area contributed by atoms with Crippen molar-refractivity contribution in [2.75, 3.05) is 6.54 Å². The number of rotatable bonds is 2. The summed E-state index contributed by atoms with van der Waals surface area (Å²) in [5, 5.41) is 2.77. The molecule has 1 amide bonds. The summed E-state index contributed by atoms with van der Waals surface area (Å²) in [6, 6.07) is 2.32. The number of nitrogens with one attached hydrogen (secondary N) is 1. The van der Waals surface area contributed by atoms with E-state index in [2.05, 4.69) is 21.2 Å². The monoisotopic (exact) mass is 279 g/mol. The van der Waals surface area contributed by atoms with Crippen molar-refractivity contribution in [3.63, 3.8) is 0 Å². The van der Waals surface area contributed by atoms with Gasteiger partial charge in [-0.15, -0.1) is 0 Å². The summed E-state index contributed by atoms with van der Waals surface area (Å²) in [7, 11) is 0. The van der Waals surface area contributed by atoms with E-state index in [1.54, 1.807) is 6.92 Å². The van der Waals surface area contributed by atoms with Gasteiger partial charge in [-0.1, -0.05) is 11.6 Å². The summed E-state index contributed by atoms with van der Waals surface area (Å²) in [5.74, 6) is -0.875. The van der Waals surface area contributed by atoms with Crippen LogP contribution in [0.2, 0.25) is 5.02 Å². The fraction of sp³-hybridized carbons (Fsp3) is 0.222. The van der Waals surface area contributed by atoms with Gasteiger partial charge < -0.3 is 5.32 Å². The third kappa shape index (κ3) is 2.45. The molecule has 0 aliphatic rings. The van der Waals surface area contributed by atoms with Crippen LogP contribution >= 0.6 is 27.5 Å². The number of benzene rings is 1. The first-order valence-corrected chi connectivity index (χ1v) is 5.16. The van der Waals surface area contributed by atoms with Gasteiger partial charge in [-0.2, -0.15) is 0 Å². The summed E-state index contributed by atoms with van der Waals surface area (Å²) < 4.78 is 13.3. The van der Waals surface area contributed by atoms with Gasteiger partial charge in [0.05, 0.1) is 10.6 Å². The average molecular weight is 281 g/mol. The third-order valence-electron chi connectivity index (χ3n) is 1.57. The SMILES string of the molecule is CCNC(=O)c1cc(F)cc(Br)c1Cl. The van der Waals surface area contributed by atoms with Crippen LogP contribution in [0.4, 0.5) is 4.39 Å². The van der Waals surface area contributed by atoms with Crippen molar-refractivity contribution in [3.8, 4) is 0 Å². The van der Waals surface area contributed by atoms with Gasteiger partial charge in [0.25, 0.3) is 5.91 Å². The van der Waals surface area contributed by atoms with Crippen LogP contribution in [0, 0.1) is 5.82 Å². The lowest BCUT2D eigenvalue weighted by atomic mass is 10.2. The molecule has 0 spiro atoms. The second kappa shape index (κ2) is 4.75. The average Bonchev–Trinajstić information content (AvgIpc) is 2.11. The summed E-state index contributed by atoms with van der Waals surface area (Å²) in [5.41, 5.74) is 0.139. The zero-order valence-corrected chi connectivity index (χ0v) is 9.75. The highest BCUT2D eigenvalue weighted by Gasteiger charge is 2.13. The molecule has 1 aromatic rings. The molecular formula is C9H8BrClFNO. The molecule has 1 N–H and O–H groups in total. The minimum absolute atomic E-state index is 0.139. The molecule has 0 aromatic heterocycles. The Kier molecular flexibility index (Phi) is 3.89. The van der Waals surface area contributed by atoms with E-state index in [4.69, 9.17) is 11.6 Å². The number of amides is 1. The highest BCUT2D eigenvalue weighted by Crippen LogP contribution is 2.27. The van der Waals surface area contributed by atoms with Crippen molar-refractivity contribution in [3.05, 3.63) is 33.0 Å². The Balaban J connectivity index is 3.13. The van der Waals surface area contributed by atoms with Gasteiger partial charge in [0.1, 0.15) is 5.82 Å². The number of halogens is 3. The second-order valence-corrected chi connectivity index (χ2v) is 3.84. The fourth-order valence-electron chi connectivity index (χ4n) is 0.977. The summed E-state index contributed by atoms with van der Waals surface area (Å²) in [4.78, 5) is 11.4. The molecule has 0 bridgehead atoms. The maximum Gasteiger partial charge on any atom is 0.252 e. The predicted molar refractivity (Wildman–Crippen MR) is 57.1 cm³/mol. The molecule has 0 heterocycles. The van der Waals surface area contributed by atoms with Gasteiger partial charge in [0, 0.05) is 11.0 Å². The standard InChI is InChI=1S/C9H8BrClFNO/c1-2-13-9(14)6-3-5(12)4-7(10)8(6)11/h3-4H,2H2,1H3,(H,13,14). The lowest BCUT2D eigenvalue weighted by Crippen LogP contribution is -2.23. The first-order chi connectivity index (χ1) is 6.56. The molecule has 0 aliphatic heterocycles. The molecule has 1 aromatic carbocycles. The molecule has 76 valence electrons. The zero-order valence-electron chi connectivity index (χ0n) is 7.40. The lowest BCUT2D eigenvalue weighted by molar-refractivity contribution is 0.0955. The minimum atomic E-state index is -0.498. The fourth-order valence-corrected chi connectivity index (χ4v) is 1.60. The van der Waals surface area contributed by atoms with Crippen LogP contribution in [-0.4, -0.2) is 12.5 Å². The number of carbonyl (C=O) groups excluding carboxylic acids is 1. The summed E-state index contributed by atoms with van der Waals surface area (Å²) in [6.45, 7) is 2.25. The molecule has 0 fully saturated rings. The molecule has 0 saturated carbocycles. The first-order valence-electron chi connectivity index (χ1n) is 3.99. The molecular weight excluding hydrogens is 272 g/mol. The Bertz CT molecular complexity index is 370. The van der Waals surface area contributed by atoms with Crippen LogP contribution in [0.15, 0.2) is 16.6 Å². The molecule has 0 atom stereocenters. The number of hydrogen-bond donors (Lipinski definition) is 1. The quantitative estimate of drug-likeness (QED) is 0.829. The van der Waals surface area contributed by atoms with Gasteiger partial charge >= 0.3 is 0 Å². The van der Waals surface area contributed by atoms with Crippen LogP contribution in [0.5, 0.6) is 0 Å². The molecule has 2 nitrogen and oxygen atoms in total.